The van der Waals surface area contributed by atoms with Gasteiger partial charge in [-0.25, -0.2) is 0 Å². The van der Waals surface area contributed by atoms with Crippen molar-refractivity contribution in [1.82, 2.24) is 10.6 Å². The summed E-state index contributed by atoms with van der Waals surface area (Å²) in [5.41, 5.74) is 1.68. The lowest BCUT2D eigenvalue weighted by Gasteiger charge is -2.26. The third-order valence-corrected chi connectivity index (χ3v) is 7.26. The predicted octanol–water partition coefficient (Wildman–Crippen LogP) is 4.16. The number of rotatable bonds is 14. The van der Waals surface area contributed by atoms with Gasteiger partial charge >= 0.3 is 5.97 Å². The molecule has 37 heavy (non-hydrogen) atoms. The number of hydrogen-bond acceptors (Lipinski definition) is 6. The SMILES string of the molecule is COc1ccc(Br)cc1[C@@H](C)C(=O)N[C@H](C(=O)N[C@@H](CC(=O)O)C(=O)CSCc1ccccc1)C(C)C. The van der Waals surface area contributed by atoms with E-state index in [9.17, 15) is 24.3 Å². The van der Waals surface area contributed by atoms with E-state index in [4.69, 9.17) is 4.74 Å². The minimum absolute atomic E-state index is 0.0472. The summed E-state index contributed by atoms with van der Waals surface area (Å²) >= 11 is 4.75. The molecule has 0 aliphatic rings. The second kappa shape index (κ2) is 14.8. The van der Waals surface area contributed by atoms with Gasteiger partial charge in [-0.15, -0.1) is 11.8 Å². The molecule has 3 atom stereocenters. The summed E-state index contributed by atoms with van der Waals surface area (Å²) in [7, 11) is 1.51. The number of ether oxygens (including phenoxy) is 1. The minimum atomic E-state index is -1.20. The first-order valence-corrected chi connectivity index (χ1v) is 13.8. The fourth-order valence-electron chi connectivity index (χ4n) is 3.62. The van der Waals surface area contributed by atoms with Gasteiger partial charge in [0.05, 0.1) is 31.2 Å². The van der Waals surface area contributed by atoms with E-state index in [1.165, 1.54) is 18.9 Å². The highest BCUT2D eigenvalue weighted by atomic mass is 79.9. The molecule has 0 heterocycles. The van der Waals surface area contributed by atoms with E-state index < -0.39 is 48.0 Å². The van der Waals surface area contributed by atoms with Crippen LogP contribution in [0, 0.1) is 5.92 Å². The first kappa shape index (κ1) is 30.4. The number of thioether (sulfide) groups is 1. The highest BCUT2D eigenvalue weighted by Gasteiger charge is 2.31. The zero-order valence-electron chi connectivity index (χ0n) is 21.3. The van der Waals surface area contributed by atoms with Crippen molar-refractivity contribution in [3.05, 3.63) is 64.1 Å². The number of halogens is 1. The monoisotopic (exact) mass is 592 g/mol. The van der Waals surface area contributed by atoms with Crippen LogP contribution in [0.2, 0.25) is 0 Å². The molecule has 2 aromatic rings. The van der Waals surface area contributed by atoms with Gasteiger partial charge in [-0.05, 0) is 36.6 Å². The predicted molar refractivity (Wildman–Crippen MR) is 148 cm³/mol. The molecule has 0 radical (unpaired) electrons. The lowest BCUT2D eigenvalue weighted by Crippen LogP contribution is -2.54. The Morgan fingerprint density at radius 2 is 1.68 bits per heavy atom. The third kappa shape index (κ3) is 9.51. The zero-order valence-corrected chi connectivity index (χ0v) is 23.7. The largest absolute Gasteiger partial charge is 0.496 e. The lowest BCUT2D eigenvalue weighted by atomic mass is 9.96. The number of carbonyl (C=O) groups is 4. The molecule has 8 nitrogen and oxygen atoms in total. The van der Waals surface area contributed by atoms with E-state index in [0.717, 1.165) is 10.0 Å². The topological polar surface area (TPSA) is 122 Å². The van der Waals surface area contributed by atoms with E-state index in [1.807, 2.05) is 30.3 Å². The molecule has 200 valence electrons. The van der Waals surface area contributed by atoms with Gasteiger partial charge in [0.15, 0.2) is 5.78 Å². The molecule has 2 amide bonds. The van der Waals surface area contributed by atoms with Crippen molar-refractivity contribution in [3.63, 3.8) is 0 Å². The third-order valence-electron chi connectivity index (χ3n) is 5.74. The number of nitrogens with one attached hydrogen (secondary N) is 2. The van der Waals surface area contributed by atoms with Crippen LogP contribution in [-0.2, 0) is 24.9 Å². The standard InChI is InChI=1S/C27H33BrN2O6S/c1-16(2)25(30-26(34)17(3)20-12-19(28)10-11-23(20)36-4)27(35)29-21(13-24(32)33)22(31)15-37-14-18-8-6-5-7-9-18/h5-12,16-17,21,25H,13-15H2,1-4H3,(H,29,35)(H,30,34)(H,32,33)/t17-,21+,25+/m1/s1. The van der Waals surface area contributed by atoms with Crippen molar-refractivity contribution in [1.29, 1.82) is 0 Å². The van der Waals surface area contributed by atoms with Gasteiger partial charge in [0.2, 0.25) is 11.8 Å². The maximum Gasteiger partial charge on any atom is 0.305 e. The number of aliphatic carboxylic acids is 1. The Labute approximate surface area is 230 Å². The molecule has 0 saturated carbocycles. The lowest BCUT2D eigenvalue weighted by molar-refractivity contribution is -0.140. The summed E-state index contributed by atoms with van der Waals surface area (Å²) in [5.74, 6) is -2.37. The summed E-state index contributed by atoms with van der Waals surface area (Å²) in [4.78, 5) is 50.4. The average molecular weight is 594 g/mol. The summed E-state index contributed by atoms with van der Waals surface area (Å²) < 4.78 is 6.15. The smallest absolute Gasteiger partial charge is 0.305 e. The molecule has 0 aliphatic carbocycles. The molecule has 2 aromatic carbocycles. The number of Topliss-reactive ketones (excluding diaryl/α,β-unsaturated/α-hetero) is 1. The molecular weight excluding hydrogens is 560 g/mol. The van der Waals surface area contributed by atoms with Crippen LogP contribution >= 0.6 is 27.7 Å². The number of ketones is 1. The van der Waals surface area contributed by atoms with Crippen LogP contribution in [0.15, 0.2) is 53.0 Å². The number of carbonyl (C=O) groups excluding carboxylic acids is 3. The summed E-state index contributed by atoms with van der Waals surface area (Å²) in [5, 5.41) is 14.6. The van der Waals surface area contributed by atoms with Crippen LogP contribution in [-0.4, -0.2) is 53.6 Å². The first-order valence-electron chi connectivity index (χ1n) is 11.8. The Hall–Kier alpha value is -2.85. The van der Waals surface area contributed by atoms with E-state index in [-0.39, 0.29) is 11.7 Å². The normalized spacial score (nSPS) is 13.4. The van der Waals surface area contributed by atoms with Gasteiger partial charge in [0.25, 0.3) is 0 Å². The molecule has 0 aromatic heterocycles. The number of carboxylic acids is 1. The summed E-state index contributed by atoms with van der Waals surface area (Å²) in [6.45, 7) is 5.23. The van der Waals surface area contributed by atoms with E-state index in [1.54, 1.807) is 39.0 Å². The van der Waals surface area contributed by atoms with E-state index in [0.29, 0.717) is 17.1 Å². The summed E-state index contributed by atoms with van der Waals surface area (Å²) in [6.07, 6.45) is -0.541. The van der Waals surface area contributed by atoms with Gasteiger partial charge < -0.3 is 20.5 Å². The number of hydrogen-bond donors (Lipinski definition) is 3. The molecule has 0 saturated heterocycles. The molecule has 0 bridgehead atoms. The van der Waals surface area contributed by atoms with E-state index >= 15 is 0 Å². The molecule has 2 rings (SSSR count). The minimum Gasteiger partial charge on any atom is -0.496 e. The highest BCUT2D eigenvalue weighted by Crippen LogP contribution is 2.30. The second-order valence-electron chi connectivity index (χ2n) is 8.94. The molecular formula is C27H33BrN2O6S. The van der Waals surface area contributed by atoms with Gasteiger partial charge in [-0.2, -0.15) is 0 Å². The van der Waals surface area contributed by atoms with Crippen LogP contribution in [0.1, 0.15) is 44.2 Å². The van der Waals surface area contributed by atoms with Crippen molar-refractivity contribution >= 4 is 51.3 Å². The van der Waals surface area contributed by atoms with Crippen LogP contribution in [0.3, 0.4) is 0 Å². The molecule has 0 fully saturated rings. The van der Waals surface area contributed by atoms with Gasteiger partial charge in [-0.3, -0.25) is 19.2 Å². The fourth-order valence-corrected chi connectivity index (χ4v) is 4.94. The summed E-state index contributed by atoms with van der Waals surface area (Å²) in [6, 6.07) is 12.7. The van der Waals surface area contributed by atoms with Gasteiger partial charge in [0.1, 0.15) is 11.8 Å². The second-order valence-corrected chi connectivity index (χ2v) is 10.8. The van der Waals surface area contributed by atoms with Crippen LogP contribution in [0.4, 0.5) is 0 Å². The average Bonchev–Trinajstić information content (AvgIpc) is 2.86. The van der Waals surface area contributed by atoms with Crippen molar-refractivity contribution in [2.75, 3.05) is 12.9 Å². The first-order chi connectivity index (χ1) is 17.5. The zero-order chi connectivity index (χ0) is 27.5. The molecule has 0 unspecified atom stereocenters. The molecule has 0 spiro atoms. The van der Waals surface area contributed by atoms with Crippen molar-refractivity contribution in [3.8, 4) is 5.75 Å². The Morgan fingerprint density at radius 1 is 1.00 bits per heavy atom. The Morgan fingerprint density at radius 3 is 2.27 bits per heavy atom. The number of methoxy groups -OCH3 is 1. The Kier molecular flexibility index (Phi) is 12.1. The van der Waals surface area contributed by atoms with Gasteiger partial charge in [0, 0.05) is 15.8 Å². The van der Waals surface area contributed by atoms with Crippen molar-refractivity contribution in [2.24, 2.45) is 5.92 Å². The number of carboxylic acid groups (broad SMARTS) is 1. The molecule has 0 aliphatic heterocycles. The maximum absolute atomic E-state index is 13.1. The van der Waals surface area contributed by atoms with Crippen LogP contribution in [0.25, 0.3) is 0 Å². The molecule has 10 heteroatoms. The molecule has 3 N–H and O–H groups in total. The Balaban J connectivity index is 2.08. The van der Waals surface area contributed by atoms with Crippen molar-refractivity contribution < 1.29 is 29.0 Å². The number of amides is 2. The van der Waals surface area contributed by atoms with E-state index in [2.05, 4.69) is 26.6 Å². The maximum atomic E-state index is 13.1. The Bertz CT molecular complexity index is 1100. The van der Waals surface area contributed by atoms with Crippen molar-refractivity contribution in [2.45, 2.75) is 50.9 Å². The number of benzene rings is 2. The quantitative estimate of drug-likeness (QED) is 0.301. The van der Waals surface area contributed by atoms with Crippen LogP contribution < -0.4 is 15.4 Å². The highest BCUT2D eigenvalue weighted by molar-refractivity contribution is 9.10. The van der Waals surface area contributed by atoms with Gasteiger partial charge in [-0.1, -0.05) is 60.1 Å². The van der Waals surface area contributed by atoms with Crippen LogP contribution in [0.5, 0.6) is 5.75 Å². The fraction of sp³-hybridized carbons (Fsp3) is 0.407.